The number of rotatable bonds is 12. The van der Waals surface area contributed by atoms with Crippen molar-refractivity contribution >= 4 is 27.5 Å². The molecule has 240 valence electrons. The van der Waals surface area contributed by atoms with Gasteiger partial charge in [-0.1, -0.05) is 91.2 Å². The van der Waals surface area contributed by atoms with Crippen LogP contribution in [-0.2, 0) is 32.6 Å². The first-order chi connectivity index (χ1) is 22.1. The number of amides is 2. The summed E-state index contributed by atoms with van der Waals surface area (Å²) in [5.74, 6) is -1.48. The van der Waals surface area contributed by atoms with Gasteiger partial charge in [-0.15, -0.1) is 0 Å². The first-order valence-electron chi connectivity index (χ1n) is 15.6. The SMILES string of the molecule is Cc1ccc(S(=O)(=O)N(CC(=O)N(Cc2ccccc2F)C(Cc2ccccc2)C(=O)NC2CCCC2)c2cccc(C)c2)cc1. The molecule has 1 unspecified atom stereocenters. The highest BCUT2D eigenvalue weighted by Gasteiger charge is 2.36. The van der Waals surface area contributed by atoms with Crippen molar-refractivity contribution in [3.8, 4) is 0 Å². The Morgan fingerprint density at radius 2 is 1.52 bits per heavy atom. The number of aryl methyl sites for hydroxylation is 2. The lowest BCUT2D eigenvalue weighted by Gasteiger charge is -2.34. The number of nitrogens with zero attached hydrogens (tertiary/aromatic N) is 2. The van der Waals surface area contributed by atoms with E-state index in [0.717, 1.165) is 46.7 Å². The second-order valence-electron chi connectivity index (χ2n) is 12.0. The summed E-state index contributed by atoms with van der Waals surface area (Å²) in [4.78, 5) is 30.0. The second kappa shape index (κ2) is 14.7. The zero-order valence-corrected chi connectivity index (χ0v) is 27.0. The fraction of sp³-hybridized carbons (Fsp3) is 0.297. The summed E-state index contributed by atoms with van der Waals surface area (Å²) in [7, 11) is -4.21. The standard InChI is InChI=1S/C37H40FN3O4S/c1-27-19-21-33(22-20-27)46(44,45)41(32-17-10-11-28(2)23-32)26-36(42)40(25-30-14-6-9-18-34(30)38)35(24-29-12-4-3-5-13-29)37(43)39-31-15-7-8-16-31/h3-6,9-14,17-23,31,35H,7-8,15-16,24-26H2,1-2H3,(H,39,43). The van der Waals surface area contributed by atoms with Gasteiger partial charge in [0.15, 0.2) is 0 Å². The van der Waals surface area contributed by atoms with Crippen LogP contribution in [0.5, 0.6) is 0 Å². The van der Waals surface area contributed by atoms with Crippen molar-refractivity contribution in [3.05, 3.63) is 131 Å². The van der Waals surface area contributed by atoms with Gasteiger partial charge in [0.05, 0.1) is 10.6 Å². The largest absolute Gasteiger partial charge is 0.352 e. The smallest absolute Gasteiger partial charge is 0.264 e. The van der Waals surface area contributed by atoms with Crippen molar-refractivity contribution in [2.24, 2.45) is 0 Å². The van der Waals surface area contributed by atoms with Gasteiger partial charge in [-0.25, -0.2) is 12.8 Å². The third kappa shape index (κ3) is 8.01. The number of carbonyl (C=O) groups excluding carboxylic acids is 2. The van der Waals surface area contributed by atoms with Crippen molar-refractivity contribution in [2.75, 3.05) is 10.8 Å². The molecule has 46 heavy (non-hydrogen) atoms. The minimum Gasteiger partial charge on any atom is -0.352 e. The van der Waals surface area contributed by atoms with E-state index in [0.29, 0.717) is 5.69 Å². The third-order valence-corrected chi connectivity index (χ3v) is 10.2. The molecule has 1 fully saturated rings. The van der Waals surface area contributed by atoms with Gasteiger partial charge in [0.1, 0.15) is 18.4 Å². The molecular formula is C37H40FN3O4S. The Bertz CT molecular complexity index is 1760. The van der Waals surface area contributed by atoms with Gasteiger partial charge < -0.3 is 10.2 Å². The number of carbonyl (C=O) groups is 2. The molecule has 1 saturated carbocycles. The molecule has 0 bridgehead atoms. The van der Waals surface area contributed by atoms with Crippen LogP contribution in [0.15, 0.2) is 108 Å². The van der Waals surface area contributed by atoms with Crippen LogP contribution in [0.3, 0.4) is 0 Å². The van der Waals surface area contributed by atoms with Gasteiger partial charge in [0, 0.05) is 24.6 Å². The van der Waals surface area contributed by atoms with Crippen LogP contribution in [0.25, 0.3) is 0 Å². The van der Waals surface area contributed by atoms with Crippen molar-refractivity contribution < 1.29 is 22.4 Å². The van der Waals surface area contributed by atoms with E-state index >= 15 is 4.39 Å². The molecule has 1 aliphatic rings. The lowest BCUT2D eigenvalue weighted by Crippen LogP contribution is -2.54. The number of hydrogen-bond acceptors (Lipinski definition) is 4. The topological polar surface area (TPSA) is 86.8 Å². The molecule has 1 aliphatic carbocycles. The molecule has 0 aromatic heterocycles. The summed E-state index contributed by atoms with van der Waals surface area (Å²) >= 11 is 0. The summed E-state index contributed by atoms with van der Waals surface area (Å²) in [6.07, 6.45) is 3.89. The Morgan fingerprint density at radius 3 is 2.20 bits per heavy atom. The van der Waals surface area contributed by atoms with Crippen molar-refractivity contribution in [3.63, 3.8) is 0 Å². The van der Waals surface area contributed by atoms with Gasteiger partial charge in [0.25, 0.3) is 10.0 Å². The molecule has 7 nitrogen and oxygen atoms in total. The molecule has 0 radical (unpaired) electrons. The number of benzene rings is 4. The van der Waals surface area contributed by atoms with E-state index in [4.69, 9.17) is 0 Å². The molecule has 1 N–H and O–H groups in total. The van der Waals surface area contributed by atoms with Crippen LogP contribution in [0.4, 0.5) is 10.1 Å². The fourth-order valence-corrected chi connectivity index (χ4v) is 7.29. The molecule has 4 aromatic carbocycles. The van der Waals surface area contributed by atoms with Crippen LogP contribution < -0.4 is 9.62 Å². The second-order valence-corrected chi connectivity index (χ2v) is 13.8. The van der Waals surface area contributed by atoms with E-state index in [2.05, 4.69) is 5.32 Å². The number of halogens is 1. The zero-order valence-electron chi connectivity index (χ0n) is 26.2. The Balaban J connectivity index is 1.57. The van der Waals surface area contributed by atoms with Crippen molar-refractivity contribution in [1.82, 2.24) is 10.2 Å². The van der Waals surface area contributed by atoms with E-state index < -0.39 is 34.3 Å². The Kier molecular flexibility index (Phi) is 10.5. The molecule has 9 heteroatoms. The number of sulfonamides is 1. The maximum Gasteiger partial charge on any atom is 0.264 e. The van der Waals surface area contributed by atoms with E-state index in [1.54, 1.807) is 48.5 Å². The van der Waals surface area contributed by atoms with Gasteiger partial charge in [-0.2, -0.15) is 0 Å². The van der Waals surface area contributed by atoms with Gasteiger partial charge in [-0.3, -0.25) is 13.9 Å². The quantitative estimate of drug-likeness (QED) is 0.196. The number of anilines is 1. The lowest BCUT2D eigenvalue weighted by molar-refractivity contribution is -0.140. The van der Waals surface area contributed by atoms with E-state index in [1.807, 2.05) is 50.2 Å². The minimum atomic E-state index is -4.21. The van der Waals surface area contributed by atoms with Crippen LogP contribution in [0.2, 0.25) is 0 Å². The van der Waals surface area contributed by atoms with E-state index in [-0.39, 0.29) is 35.4 Å². The van der Waals surface area contributed by atoms with Gasteiger partial charge in [-0.05, 0) is 68.1 Å². The summed E-state index contributed by atoms with van der Waals surface area (Å²) < 4.78 is 44.5. The molecule has 0 aliphatic heterocycles. The van der Waals surface area contributed by atoms with Crippen LogP contribution >= 0.6 is 0 Å². The normalized spacial score (nSPS) is 14.1. The lowest BCUT2D eigenvalue weighted by atomic mass is 10.0. The summed E-state index contributed by atoms with van der Waals surface area (Å²) in [5.41, 5.74) is 3.07. The highest BCUT2D eigenvalue weighted by atomic mass is 32.2. The predicted octanol–water partition coefficient (Wildman–Crippen LogP) is 6.34. The fourth-order valence-electron chi connectivity index (χ4n) is 5.88. The van der Waals surface area contributed by atoms with Gasteiger partial charge in [0.2, 0.25) is 11.8 Å². The highest BCUT2D eigenvalue weighted by molar-refractivity contribution is 7.92. The zero-order chi connectivity index (χ0) is 32.7. The Hall–Kier alpha value is -4.50. The Labute approximate surface area is 271 Å². The summed E-state index contributed by atoms with van der Waals surface area (Å²) in [6, 6.07) is 27.8. The van der Waals surface area contributed by atoms with Crippen LogP contribution in [-0.4, -0.2) is 43.8 Å². The average Bonchev–Trinajstić information content (AvgIpc) is 3.56. The molecule has 0 heterocycles. The predicted molar refractivity (Wildman–Crippen MR) is 178 cm³/mol. The van der Waals surface area contributed by atoms with E-state index in [9.17, 15) is 18.0 Å². The van der Waals surface area contributed by atoms with Crippen molar-refractivity contribution in [1.29, 1.82) is 0 Å². The summed E-state index contributed by atoms with van der Waals surface area (Å²) in [6.45, 7) is 2.90. The first kappa shape index (κ1) is 32.9. The molecule has 0 spiro atoms. The first-order valence-corrected chi connectivity index (χ1v) is 17.1. The molecule has 0 saturated heterocycles. The molecule has 1 atom stereocenters. The van der Waals surface area contributed by atoms with E-state index in [1.165, 1.54) is 23.1 Å². The summed E-state index contributed by atoms with van der Waals surface area (Å²) in [5, 5.41) is 3.13. The Morgan fingerprint density at radius 1 is 0.848 bits per heavy atom. The molecule has 4 aromatic rings. The molecule has 2 amide bonds. The number of nitrogens with one attached hydrogen (secondary N) is 1. The van der Waals surface area contributed by atoms with Gasteiger partial charge >= 0.3 is 0 Å². The van der Waals surface area contributed by atoms with Crippen LogP contribution in [0.1, 0.15) is 47.9 Å². The maximum atomic E-state index is 15.1. The number of hydrogen-bond donors (Lipinski definition) is 1. The third-order valence-electron chi connectivity index (χ3n) is 8.45. The maximum absolute atomic E-state index is 15.1. The average molecular weight is 642 g/mol. The van der Waals surface area contributed by atoms with Crippen LogP contribution in [0, 0.1) is 19.7 Å². The molecular weight excluding hydrogens is 601 g/mol. The highest BCUT2D eigenvalue weighted by Crippen LogP contribution is 2.27. The monoisotopic (exact) mass is 641 g/mol. The molecule has 5 rings (SSSR count). The minimum absolute atomic E-state index is 0.0121. The van der Waals surface area contributed by atoms with Crippen molar-refractivity contribution in [2.45, 2.75) is 69.5 Å².